The van der Waals surface area contributed by atoms with E-state index in [1.165, 1.54) is 31.7 Å². The molecule has 3 atom stereocenters. The van der Waals surface area contributed by atoms with Gasteiger partial charge in [0, 0.05) is 17.2 Å². The predicted octanol–water partition coefficient (Wildman–Crippen LogP) is 4.50. The summed E-state index contributed by atoms with van der Waals surface area (Å²) < 4.78 is 19.0. The van der Waals surface area contributed by atoms with Gasteiger partial charge in [-0.05, 0) is 84.1 Å². The van der Waals surface area contributed by atoms with Gasteiger partial charge in [0.15, 0.2) is 17.6 Å². The number of allylic oxidation sites excluding steroid dienone is 4. The summed E-state index contributed by atoms with van der Waals surface area (Å²) in [5.41, 5.74) is 0.392. The Morgan fingerprint density at radius 1 is 1.28 bits per heavy atom. The number of ketones is 1. The molecule has 12 nitrogen and oxygen atoms in total. The van der Waals surface area contributed by atoms with Crippen molar-refractivity contribution < 1.29 is 44.0 Å². The maximum Gasteiger partial charge on any atom is 0.311 e. The lowest BCUT2D eigenvalue weighted by atomic mass is 10.0. The van der Waals surface area contributed by atoms with E-state index in [-0.39, 0.29) is 48.9 Å². The van der Waals surface area contributed by atoms with Gasteiger partial charge in [-0.1, -0.05) is 21.1 Å². The number of aliphatic hydroxyl groups is 3. The third-order valence-corrected chi connectivity index (χ3v) is 8.69. The molecular weight excluding hydrogens is 830 g/mol. The van der Waals surface area contributed by atoms with Crippen LogP contribution < -0.4 is 10.1 Å². The smallest absolute Gasteiger partial charge is 0.311 e. The SMILES string of the molecule is COC1=C(Br)C[C@]2(OC=C1Br)ON=C(C(=O)NCCCOc1c(Br)cc([C@@H](O)CN=CC3=C(O)C=CC3=O)cc1Br)[C@@H]2O. The highest BCUT2D eigenvalue weighted by Gasteiger charge is 2.54. The molecule has 0 saturated carbocycles. The number of methoxy groups -OCH3 is 1. The number of nitrogens with zero attached hydrogens (tertiary/aromatic N) is 2. The van der Waals surface area contributed by atoms with Crippen LogP contribution in [0.15, 0.2) is 75.7 Å². The van der Waals surface area contributed by atoms with Gasteiger partial charge in [-0.2, -0.15) is 0 Å². The summed E-state index contributed by atoms with van der Waals surface area (Å²) in [5, 5.41) is 37.5. The van der Waals surface area contributed by atoms with Crippen LogP contribution in [0, 0.1) is 0 Å². The van der Waals surface area contributed by atoms with Gasteiger partial charge in [0.05, 0.1) is 51.8 Å². The summed E-state index contributed by atoms with van der Waals surface area (Å²) in [6, 6.07) is 3.37. The van der Waals surface area contributed by atoms with Gasteiger partial charge in [-0.25, -0.2) is 0 Å². The van der Waals surface area contributed by atoms with Crippen LogP contribution >= 0.6 is 63.7 Å². The Kier molecular flexibility index (Phi) is 11.3. The van der Waals surface area contributed by atoms with Crippen molar-refractivity contribution in [3.8, 4) is 5.75 Å². The van der Waals surface area contributed by atoms with E-state index in [0.717, 1.165) is 0 Å². The fraction of sp³-hybridized carbons (Fsp3) is 0.333. The molecule has 1 aromatic rings. The number of oxime groups is 1. The minimum Gasteiger partial charge on any atom is -0.507 e. The second-order valence-electron chi connectivity index (χ2n) is 9.26. The zero-order chi connectivity index (χ0) is 31.3. The minimum atomic E-state index is -1.63. The molecule has 0 radical (unpaired) electrons. The molecule has 0 fully saturated rings. The highest BCUT2D eigenvalue weighted by atomic mass is 79.9. The molecule has 2 aliphatic heterocycles. The summed E-state index contributed by atoms with van der Waals surface area (Å²) in [6.07, 6.45) is 3.09. The number of hydrogen-bond donors (Lipinski definition) is 4. The van der Waals surface area contributed by atoms with Crippen molar-refractivity contribution in [1.82, 2.24) is 5.32 Å². The molecule has 4 rings (SSSR count). The normalized spacial score (nSPS) is 22.4. The monoisotopic (exact) mass is 851 g/mol. The zero-order valence-corrected chi connectivity index (χ0v) is 28.7. The lowest BCUT2D eigenvalue weighted by molar-refractivity contribution is -0.225. The second-order valence-corrected chi connectivity index (χ2v) is 12.8. The van der Waals surface area contributed by atoms with Gasteiger partial charge in [0.1, 0.15) is 23.5 Å². The van der Waals surface area contributed by atoms with Crippen molar-refractivity contribution >= 4 is 87.3 Å². The lowest BCUT2D eigenvalue weighted by Gasteiger charge is -2.27. The average Bonchev–Trinajstić information content (AvgIpc) is 3.41. The number of rotatable bonds is 11. The van der Waals surface area contributed by atoms with Crippen LogP contribution in [0.4, 0.5) is 0 Å². The summed E-state index contributed by atoms with van der Waals surface area (Å²) >= 11 is 13.6. The number of aliphatic imine (C=N–C) groups is 1. The molecule has 1 amide bonds. The van der Waals surface area contributed by atoms with Crippen LogP contribution in [-0.2, 0) is 23.9 Å². The van der Waals surface area contributed by atoms with E-state index in [2.05, 4.69) is 79.2 Å². The van der Waals surface area contributed by atoms with E-state index in [9.17, 15) is 24.9 Å². The Hall–Kier alpha value is -2.50. The maximum absolute atomic E-state index is 12.7. The molecule has 0 bridgehead atoms. The topological polar surface area (TPSA) is 168 Å². The van der Waals surface area contributed by atoms with Crippen molar-refractivity contribution in [2.75, 3.05) is 26.8 Å². The fourth-order valence-corrected chi connectivity index (χ4v) is 7.06. The predicted molar refractivity (Wildman–Crippen MR) is 170 cm³/mol. The molecular formula is C27H25Br4N3O9. The molecule has 0 unspecified atom stereocenters. The Labute approximate surface area is 279 Å². The summed E-state index contributed by atoms with van der Waals surface area (Å²) in [4.78, 5) is 33.8. The molecule has 230 valence electrons. The highest BCUT2D eigenvalue weighted by Crippen LogP contribution is 2.41. The molecule has 1 aliphatic carbocycles. The standard InChI is InChI=1S/C27H25Br4N3O9/c1-40-23-17(30)9-27(42-12-18(23)31)25(38)22(34-43-27)26(39)33-5-2-6-41-24-15(28)7-13(8-16(24)29)21(37)11-32-10-14-19(35)3-4-20(14)36/h3-4,7-8,10,12,21,25,35,37-38H,2,5-6,9,11H2,1H3,(H,33,39)/t21-,25-,27-/m0/s1. The minimum absolute atomic E-state index is 0.0302. The van der Waals surface area contributed by atoms with E-state index in [4.69, 9.17) is 19.0 Å². The molecule has 4 N–H and O–H groups in total. The summed E-state index contributed by atoms with van der Waals surface area (Å²) in [7, 11) is 1.48. The second kappa shape index (κ2) is 14.5. The van der Waals surface area contributed by atoms with Gasteiger partial charge in [0.2, 0.25) is 0 Å². The quantitative estimate of drug-likeness (QED) is 0.185. The van der Waals surface area contributed by atoms with Crippen LogP contribution in [0.5, 0.6) is 5.75 Å². The number of amides is 1. The number of carbonyl (C=O) groups is 2. The molecule has 0 saturated heterocycles. The number of hydrogen-bond acceptors (Lipinski definition) is 11. The maximum atomic E-state index is 12.7. The van der Waals surface area contributed by atoms with Gasteiger partial charge in [0.25, 0.3) is 5.91 Å². The molecule has 1 spiro atoms. The molecule has 0 aromatic heterocycles. The van der Waals surface area contributed by atoms with Gasteiger partial charge in [-0.15, -0.1) is 0 Å². The number of carbonyl (C=O) groups excluding carboxylic acids is 2. The first kappa shape index (κ1) is 33.4. The van der Waals surface area contributed by atoms with Crippen molar-refractivity contribution in [2.45, 2.75) is 30.8 Å². The first-order valence-corrected chi connectivity index (χ1v) is 15.8. The first-order chi connectivity index (χ1) is 20.5. The molecule has 16 heteroatoms. The molecule has 43 heavy (non-hydrogen) atoms. The van der Waals surface area contributed by atoms with Crippen LogP contribution in [0.25, 0.3) is 0 Å². The Balaban J connectivity index is 1.24. The van der Waals surface area contributed by atoms with Crippen LogP contribution in [-0.4, -0.2) is 77.6 Å². The fourth-order valence-electron chi connectivity index (χ4n) is 4.08. The van der Waals surface area contributed by atoms with Crippen LogP contribution in [0.2, 0.25) is 0 Å². The van der Waals surface area contributed by atoms with E-state index < -0.39 is 23.9 Å². The Morgan fingerprint density at radius 3 is 2.65 bits per heavy atom. The van der Waals surface area contributed by atoms with E-state index >= 15 is 0 Å². The van der Waals surface area contributed by atoms with Gasteiger partial charge in [-0.3, -0.25) is 14.6 Å². The summed E-state index contributed by atoms with van der Waals surface area (Å²) in [5.74, 6) is -1.81. The van der Waals surface area contributed by atoms with Crippen molar-refractivity contribution in [3.63, 3.8) is 0 Å². The molecule has 2 heterocycles. The largest absolute Gasteiger partial charge is 0.507 e. The van der Waals surface area contributed by atoms with E-state index in [0.29, 0.717) is 41.4 Å². The lowest BCUT2D eigenvalue weighted by Crippen LogP contribution is -2.49. The highest BCUT2D eigenvalue weighted by molar-refractivity contribution is 9.12. The number of benzene rings is 1. The van der Waals surface area contributed by atoms with Crippen LogP contribution in [0.1, 0.15) is 24.5 Å². The first-order valence-electron chi connectivity index (χ1n) is 12.6. The number of ether oxygens (including phenoxy) is 3. The molecule has 1 aromatic carbocycles. The third-order valence-electron chi connectivity index (χ3n) is 6.33. The van der Waals surface area contributed by atoms with Crippen molar-refractivity contribution in [2.24, 2.45) is 10.1 Å². The zero-order valence-electron chi connectivity index (χ0n) is 22.4. The summed E-state index contributed by atoms with van der Waals surface area (Å²) in [6.45, 7) is 0.423. The van der Waals surface area contributed by atoms with Crippen molar-refractivity contribution in [3.05, 3.63) is 71.1 Å². The van der Waals surface area contributed by atoms with E-state index in [1.807, 2.05) is 0 Å². The number of nitrogens with one attached hydrogen (secondary N) is 1. The molecule has 3 aliphatic rings. The Bertz CT molecular complexity index is 1460. The Morgan fingerprint density at radius 2 is 2.00 bits per heavy atom. The van der Waals surface area contributed by atoms with Gasteiger partial charge < -0.3 is 39.7 Å². The average molecular weight is 855 g/mol. The third kappa shape index (κ3) is 7.60. The van der Waals surface area contributed by atoms with Gasteiger partial charge >= 0.3 is 5.79 Å². The van der Waals surface area contributed by atoms with Crippen molar-refractivity contribution in [1.29, 1.82) is 0 Å². The number of halogens is 4. The number of aliphatic hydroxyl groups excluding tert-OH is 3. The van der Waals surface area contributed by atoms with E-state index in [1.54, 1.807) is 12.1 Å². The van der Waals surface area contributed by atoms with Crippen LogP contribution in [0.3, 0.4) is 0 Å².